The van der Waals surface area contributed by atoms with Crippen molar-refractivity contribution >= 4 is 31.6 Å². The summed E-state index contributed by atoms with van der Waals surface area (Å²) < 4.78 is 55.2. The van der Waals surface area contributed by atoms with Gasteiger partial charge in [-0.05, 0) is 48.7 Å². The lowest BCUT2D eigenvalue weighted by Crippen LogP contribution is -2.48. The summed E-state index contributed by atoms with van der Waals surface area (Å²) in [7, 11) is -7.51. The first kappa shape index (κ1) is 24.2. The summed E-state index contributed by atoms with van der Waals surface area (Å²) in [5.41, 5.74) is 2.46. The van der Waals surface area contributed by atoms with E-state index in [1.165, 1.54) is 8.61 Å². The van der Waals surface area contributed by atoms with Crippen molar-refractivity contribution < 1.29 is 16.8 Å². The Morgan fingerprint density at radius 2 is 1.68 bits per heavy atom. The number of sulfonamides is 2. The SMILES string of the molecule is Cc1ccc(S(=O)(=O)N(CCS(=O)(=O)N2CCNCC2)Cc2ccccc2Cl)cc1C. The molecular formula is C21H28ClN3O4S2. The molecule has 0 saturated carbocycles. The molecule has 0 spiro atoms. The molecule has 2 aromatic carbocycles. The number of nitrogens with one attached hydrogen (secondary N) is 1. The monoisotopic (exact) mass is 485 g/mol. The van der Waals surface area contributed by atoms with Crippen LogP contribution in [0, 0.1) is 13.8 Å². The summed E-state index contributed by atoms with van der Waals surface area (Å²) in [5, 5.41) is 3.56. The lowest BCUT2D eigenvalue weighted by Gasteiger charge is -2.28. The minimum atomic E-state index is -3.93. The van der Waals surface area contributed by atoms with Gasteiger partial charge in [0.05, 0.1) is 10.6 Å². The van der Waals surface area contributed by atoms with Crippen molar-refractivity contribution in [2.75, 3.05) is 38.5 Å². The second kappa shape index (κ2) is 9.97. The van der Waals surface area contributed by atoms with Gasteiger partial charge in [-0.25, -0.2) is 16.8 Å². The highest BCUT2D eigenvalue weighted by Crippen LogP contribution is 2.24. The predicted molar refractivity (Wildman–Crippen MR) is 123 cm³/mol. The standard InChI is InChI=1S/C21H28ClN3O4S2/c1-17-7-8-20(15-18(17)2)31(28,29)25(16-19-5-3-4-6-21(19)22)13-14-30(26,27)24-11-9-23-10-12-24/h3-8,15,23H,9-14,16H2,1-2H3. The smallest absolute Gasteiger partial charge is 0.243 e. The van der Waals surface area contributed by atoms with Crippen LogP contribution in [0.2, 0.25) is 5.02 Å². The van der Waals surface area contributed by atoms with E-state index in [1.54, 1.807) is 42.5 Å². The molecule has 0 bridgehead atoms. The van der Waals surface area contributed by atoms with Crippen LogP contribution < -0.4 is 5.32 Å². The van der Waals surface area contributed by atoms with Gasteiger partial charge >= 0.3 is 0 Å². The van der Waals surface area contributed by atoms with E-state index in [2.05, 4.69) is 5.32 Å². The van der Waals surface area contributed by atoms with Crippen LogP contribution >= 0.6 is 11.6 Å². The van der Waals surface area contributed by atoms with E-state index in [1.807, 2.05) is 13.8 Å². The fourth-order valence-electron chi connectivity index (χ4n) is 3.39. The fourth-order valence-corrected chi connectivity index (χ4v) is 6.66. The Hall–Kier alpha value is -1.49. The van der Waals surface area contributed by atoms with Crippen LogP contribution in [-0.4, -0.2) is 63.9 Å². The molecule has 0 aromatic heterocycles. The van der Waals surface area contributed by atoms with Crippen molar-refractivity contribution in [1.82, 2.24) is 13.9 Å². The number of rotatable bonds is 8. The molecule has 0 aliphatic carbocycles. The summed E-state index contributed by atoms with van der Waals surface area (Å²) in [4.78, 5) is 0.141. The number of piperazine rings is 1. The molecule has 1 fully saturated rings. The van der Waals surface area contributed by atoms with Crippen molar-refractivity contribution in [1.29, 1.82) is 0 Å². The predicted octanol–water partition coefficient (Wildman–Crippen LogP) is 2.38. The van der Waals surface area contributed by atoms with E-state index in [-0.39, 0.29) is 23.7 Å². The number of halogens is 1. The zero-order valence-electron chi connectivity index (χ0n) is 17.7. The van der Waals surface area contributed by atoms with Gasteiger partial charge in [0, 0.05) is 44.3 Å². The van der Waals surface area contributed by atoms with Crippen molar-refractivity contribution in [3.8, 4) is 0 Å². The molecule has 1 saturated heterocycles. The van der Waals surface area contributed by atoms with Gasteiger partial charge in [0.25, 0.3) is 0 Å². The van der Waals surface area contributed by atoms with Gasteiger partial charge in [0.2, 0.25) is 20.0 Å². The van der Waals surface area contributed by atoms with Gasteiger partial charge in [-0.2, -0.15) is 8.61 Å². The molecule has 0 radical (unpaired) electrons. The zero-order chi connectivity index (χ0) is 22.6. The molecule has 2 aromatic rings. The molecule has 1 N–H and O–H groups in total. The average molecular weight is 486 g/mol. The summed E-state index contributed by atoms with van der Waals surface area (Å²) in [6.45, 7) is 5.54. The normalized spacial score (nSPS) is 16.0. The molecule has 170 valence electrons. The summed E-state index contributed by atoms with van der Waals surface area (Å²) in [6.07, 6.45) is 0. The third-order valence-electron chi connectivity index (χ3n) is 5.49. The van der Waals surface area contributed by atoms with Gasteiger partial charge in [-0.1, -0.05) is 35.9 Å². The van der Waals surface area contributed by atoms with Crippen molar-refractivity contribution in [2.45, 2.75) is 25.3 Å². The van der Waals surface area contributed by atoms with E-state index >= 15 is 0 Å². The van der Waals surface area contributed by atoms with Crippen LogP contribution in [0.15, 0.2) is 47.4 Å². The molecule has 0 atom stereocenters. The molecule has 3 rings (SSSR count). The Balaban J connectivity index is 1.90. The number of nitrogens with zero attached hydrogens (tertiary/aromatic N) is 2. The summed E-state index contributed by atoms with van der Waals surface area (Å²) in [6, 6.07) is 11.9. The van der Waals surface area contributed by atoms with Crippen LogP contribution in [0.5, 0.6) is 0 Å². The highest BCUT2D eigenvalue weighted by atomic mass is 35.5. The maximum atomic E-state index is 13.5. The first-order valence-electron chi connectivity index (χ1n) is 10.1. The van der Waals surface area contributed by atoms with Crippen LogP contribution in [0.3, 0.4) is 0 Å². The number of aryl methyl sites for hydroxylation is 2. The zero-order valence-corrected chi connectivity index (χ0v) is 20.1. The molecule has 0 amide bonds. The third kappa shape index (κ3) is 5.85. The third-order valence-corrected chi connectivity index (χ3v) is 9.55. The molecule has 1 aliphatic heterocycles. The first-order chi connectivity index (χ1) is 14.6. The molecular weight excluding hydrogens is 458 g/mol. The summed E-state index contributed by atoms with van der Waals surface area (Å²) in [5.74, 6) is -0.290. The number of hydrogen-bond acceptors (Lipinski definition) is 5. The van der Waals surface area contributed by atoms with Crippen molar-refractivity contribution in [3.05, 3.63) is 64.2 Å². The van der Waals surface area contributed by atoms with Gasteiger partial charge < -0.3 is 5.32 Å². The largest absolute Gasteiger partial charge is 0.314 e. The van der Waals surface area contributed by atoms with Gasteiger partial charge in [0.15, 0.2) is 0 Å². The second-order valence-electron chi connectivity index (χ2n) is 7.64. The fraction of sp³-hybridized carbons (Fsp3) is 0.429. The van der Waals surface area contributed by atoms with E-state index < -0.39 is 20.0 Å². The highest BCUT2D eigenvalue weighted by molar-refractivity contribution is 7.90. The van der Waals surface area contributed by atoms with Gasteiger partial charge in [-0.3, -0.25) is 0 Å². The van der Waals surface area contributed by atoms with E-state index in [0.717, 1.165) is 11.1 Å². The molecule has 31 heavy (non-hydrogen) atoms. The number of benzene rings is 2. The van der Waals surface area contributed by atoms with Crippen molar-refractivity contribution in [2.24, 2.45) is 0 Å². The van der Waals surface area contributed by atoms with Gasteiger partial charge in [-0.15, -0.1) is 0 Å². The summed E-state index contributed by atoms with van der Waals surface area (Å²) >= 11 is 6.27. The maximum Gasteiger partial charge on any atom is 0.243 e. The Morgan fingerprint density at radius 1 is 1.00 bits per heavy atom. The molecule has 10 heteroatoms. The van der Waals surface area contributed by atoms with E-state index in [0.29, 0.717) is 36.8 Å². The second-order valence-corrected chi connectivity index (χ2v) is 12.1. The maximum absolute atomic E-state index is 13.5. The highest BCUT2D eigenvalue weighted by Gasteiger charge is 2.30. The van der Waals surface area contributed by atoms with Gasteiger partial charge in [0.1, 0.15) is 0 Å². The minimum absolute atomic E-state index is 0.00793. The Bertz CT molecular complexity index is 1130. The molecule has 1 aliphatic rings. The topological polar surface area (TPSA) is 86.8 Å². The Labute approximate surface area is 190 Å². The quantitative estimate of drug-likeness (QED) is 0.620. The molecule has 7 nitrogen and oxygen atoms in total. The molecule has 0 unspecified atom stereocenters. The number of hydrogen-bond donors (Lipinski definition) is 1. The van der Waals surface area contributed by atoms with E-state index in [4.69, 9.17) is 11.6 Å². The first-order valence-corrected chi connectivity index (χ1v) is 13.5. The average Bonchev–Trinajstić information content (AvgIpc) is 2.74. The lowest BCUT2D eigenvalue weighted by atomic mass is 10.1. The van der Waals surface area contributed by atoms with Crippen LogP contribution in [-0.2, 0) is 26.6 Å². The Kier molecular flexibility index (Phi) is 7.77. The molecule has 1 heterocycles. The van der Waals surface area contributed by atoms with Crippen LogP contribution in [0.25, 0.3) is 0 Å². The minimum Gasteiger partial charge on any atom is -0.314 e. The van der Waals surface area contributed by atoms with Crippen LogP contribution in [0.4, 0.5) is 0 Å². The van der Waals surface area contributed by atoms with Crippen LogP contribution in [0.1, 0.15) is 16.7 Å². The van der Waals surface area contributed by atoms with E-state index in [9.17, 15) is 16.8 Å². The Morgan fingerprint density at radius 3 is 2.32 bits per heavy atom. The lowest BCUT2D eigenvalue weighted by molar-refractivity contribution is 0.355. The van der Waals surface area contributed by atoms with Crippen molar-refractivity contribution in [3.63, 3.8) is 0 Å².